The van der Waals surface area contributed by atoms with Crippen LogP contribution in [0.15, 0.2) is 0 Å². The first-order valence-corrected chi connectivity index (χ1v) is 12.6. The number of fused-ring (bicyclic) bond motifs is 1. The van der Waals surface area contributed by atoms with Crippen LogP contribution in [0.1, 0.15) is 46.5 Å². The largest absolute Gasteiger partial charge is 0.464 e. The molecule has 0 aromatic carbocycles. The van der Waals surface area contributed by atoms with Crippen molar-refractivity contribution < 1.29 is 57.8 Å². The summed E-state index contributed by atoms with van der Waals surface area (Å²) in [6.07, 6.45) is -4.49. The number of carbonyl (C=O) groups excluding carboxylic acids is 4. The summed E-state index contributed by atoms with van der Waals surface area (Å²) in [6.45, 7) is 4.58. The summed E-state index contributed by atoms with van der Waals surface area (Å²) in [5.41, 5.74) is -7.73. The summed E-state index contributed by atoms with van der Waals surface area (Å²) in [6, 6.07) is 0. The van der Waals surface area contributed by atoms with E-state index in [1.54, 1.807) is 6.92 Å². The molecule has 6 fully saturated rings. The van der Waals surface area contributed by atoms with Crippen LogP contribution in [0.3, 0.4) is 0 Å². The van der Waals surface area contributed by atoms with E-state index in [9.17, 15) is 29.4 Å². The van der Waals surface area contributed by atoms with Crippen LogP contribution in [0.5, 0.6) is 0 Å². The molecule has 6 rings (SSSR count). The van der Waals surface area contributed by atoms with E-state index in [0.29, 0.717) is 6.42 Å². The van der Waals surface area contributed by atoms with Crippen molar-refractivity contribution in [2.24, 2.45) is 22.7 Å². The van der Waals surface area contributed by atoms with Gasteiger partial charge in [0.05, 0.1) is 23.4 Å². The topological polar surface area (TPSA) is 164 Å². The Balaban J connectivity index is 1.56. The molecule has 6 aliphatic rings. The van der Waals surface area contributed by atoms with Crippen molar-refractivity contribution in [3.63, 3.8) is 0 Å². The molecule has 36 heavy (non-hydrogen) atoms. The Bertz CT molecular complexity index is 1040. The lowest BCUT2D eigenvalue weighted by atomic mass is 9.53. The minimum atomic E-state index is -2.27. The molecule has 2 saturated carbocycles. The lowest BCUT2D eigenvalue weighted by Crippen LogP contribution is -2.67. The van der Waals surface area contributed by atoms with Crippen LogP contribution in [-0.4, -0.2) is 89.2 Å². The Kier molecular flexibility index (Phi) is 4.95. The molecule has 0 aromatic rings. The van der Waals surface area contributed by atoms with Crippen LogP contribution in [0.25, 0.3) is 0 Å². The molecule has 2 N–H and O–H groups in total. The Labute approximate surface area is 206 Å². The second kappa shape index (κ2) is 7.40. The van der Waals surface area contributed by atoms with E-state index in [1.807, 2.05) is 6.92 Å². The van der Waals surface area contributed by atoms with Crippen LogP contribution < -0.4 is 0 Å². The van der Waals surface area contributed by atoms with Gasteiger partial charge in [-0.2, -0.15) is 0 Å². The van der Waals surface area contributed by atoms with Gasteiger partial charge in [0, 0.05) is 0 Å². The Morgan fingerprint density at radius 3 is 2.58 bits per heavy atom. The van der Waals surface area contributed by atoms with Crippen molar-refractivity contribution >= 4 is 23.9 Å². The normalized spacial score (nSPS) is 51.4. The standard InChI is InChI=1S/C24H30O12/c1-4-6-7-11-8-12-22-14(26)15-23(30,10(3)17(27)34-15)24(22,19(29)33-12)36-20-21(11,22)16(18(28)35-20)32-9-13(25)31-5-2/h10-12,14-16,20,26,30H,4-9H2,1-3H3/t10?,11-,12?,14-,15?,16-,20-,21?,22?,23+,24-/m1/s1. The molecule has 11 atom stereocenters. The van der Waals surface area contributed by atoms with Gasteiger partial charge in [-0.25, -0.2) is 14.4 Å². The molecule has 0 amide bonds. The van der Waals surface area contributed by atoms with Gasteiger partial charge in [0.15, 0.2) is 17.8 Å². The number of ether oxygens (including phenoxy) is 6. The summed E-state index contributed by atoms with van der Waals surface area (Å²) >= 11 is 0. The summed E-state index contributed by atoms with van der Waals surface area (Å²) in [5.74, 6) is -4.87. The van der Waals surface area contributed by atoms with E-state index in [4.69, 9.17) is 28.4 Å². The molecule has 2 aliphatic carbocycles. The van der Waals surface area contributed by atoms with Crippen molar-refractivity contribution in [1.29, 1.82) is 0 Å². The highest BCUT2D eigenvalue weighted by molar-refractivity contribution is 5.94. The van der Waals surface area contributed by atoms with Gasteiger partial charge in [0.2, 0.25) is 11.9 Å². The molecular formula is C24H30O12. The zero-order chi connectivity index (χ0) is 25.8. The fourth-order valence-corrected chi connectivity index (χ4v) is 8.54. The third-order valence-electron chi connectivity index (χ3n) is 9.65. The molecule has 4 aliphatic heterocycles. The number of aliphatic hydroxyl groups excluding tert-OH is 1. The molecule has 0 radical (unpaired) electrons. The zero-order valence-corrected chi connectivity index (χ0v) is 20.3. The van der Waals surface area contributed by atoms with Gasteiger partial charge in [-0.05, 0) is 32.6 Å². The number of esters is 4. The van der Waals surface area contributed by atoms with Crippen LogP contribution in [0.4, 0.5) is 0 Å². The minimum Gasteiger partial charge on any atom is -0.464 e. The molecule has 4 saturated heterocycles. The van der Waals surface area contributed by atoms with Gasteiger partial charge >= 0.3 is 23.9 Å². The number of hydrogen-bond acceptors (Lipinski definition) is 12. The Hall–Kier alpha value is -2.28. The maximum atomic E-state index is 13.6. The molecule has 2 spiro atoms. The highest BCUT2D eigenvalue weighted by Crippen LogP contribution is 2.83. The van der Waals surface area contributed by atoms with Crippen molar-refractivity contribution in [3.05, 3.63) is 0 Å². The monoisotopic (exact) mass is 510 g/mol. The third kappa shape index (κ3) is 2.16. The van der Waals surface area contributed by atoms with Gasteiger partial charge in [0.25, 0.3) is 0 Å². The molecule has 12 nitrogen and oxygen atoms in total. The van der Waals surface area contributed by atoms with Crippen molar-refractivity contribution in [2.45, 2.75) is 88.4 Å². The number of unbranched alkanes of at least 4 members (excludes halogenated alkanes) is 1. The van der Waals surface area contributed by atoms with Crippen LogP contribution >= 0.6 is 0 Å². The van der Waals surface area contributed by atoms with Crippen LogP contribution in [0, 0.1) is 22.7 Å². The first-order valence-electron chi connectivity index (χ1n) is 12.6. The molecule has 12 heteroatoms. The lowest BCUT2D eigenvalue weighted by molar-refractivity contribution is -0.239. The quantitative estimate of drug-likeness (QED) is 0.329. The van der Waals surface area contributed by atoms with Gasteiger partial charge in [-0.3, -0.25) is 4.79 Å². The average molecular weight is 510 g/mol. The molecular weight excluding hydrogens is 480 g/mol. The fourth-order valence-electron chi connectivity index (χ4n) is 8.54. The maximum absolute atomic E-state index is 13.6. The summed E-state index contributed by atoms with van der Waals surface area (Å²) in [4.78, 5) is 51.6. The van der Waals surface area contributed by atoms with E-state index >= 15 is 0 Å². The van der Waals surface area contributed by atoms with Crippen LogP contribution in [-0.2, 0) is 47.6 Å². The number of hydrogen-bond donors (Lipinski definition) is 2. The van der Waals surface area contributed by atoms with Gasteiger partial charge in [-0.1, -0.05) is 19.8 Å². The average Bonchev–Trinajstić information content (AvgIpc) is 3.54. The first kappa shape index (κ1) is 24.1. The minimum absolute atomic E-state index is 0.113. The summed E-state index contributed by atoms with van der Waals surface area (Å²) < 4.78 is 34.0. The van der Waals surface area contributed by atoms with Gasteiger partial charge in [-0.15, -0.1) is 0 Å². The summed E-state index contributed by atoms with van der Waals surface area (Å²) in [7, 11) is 0. The molecule has 5 unspecified atom stereocenters. The number of aliphatic hydroxyl groups is 2. The smallest absolute Gasteiger partial charge is 0.343 e. The number of rotatable bonds is 7. The zero-order valence-electron chi connectivity index (χ0n) is 20.3. The van der Waals surface area contributed by atoms with Gasteiger partial charge in [0.1, 0.15) is 18.8 Å². The Morgan fingerprint density at radius 2 is 1.89 bits per heavy atom. The van der Waals surface area contributed by atoms with E-state index in [0.717, 1.165) is 12.8 Å². The highest BCUT2D eigenvalue weighted by Gasteiger charge is 3.03. The first-order chi connectivity index (χ1) is 17.1. The number of carbonyl (C=O) groups is 4. The van der Waals surface area contributed by atoms with E-state index in [-0.39, 0.29) is 13.0 Å². The predicted molar refractivity (Wildman–Crippen MR) is 112 cm³/mol. The predicted octanol–water partition coefficient (Wildman–Crippen LogP) is -0.638. The molecule has 198 valence electrons. The molecule has 0 aromatic heterocycles. The SMILES string of the molecule is CCCC[C@@H]1CC2OC(=O)[C@@]34O[C@H]5OC(=O)[C@@H](OCC(=O)OCC)C15C23[C@H](O)C1OC(=O)C(C)[C@]14O. The maximum Gasteiger partial charge on any atom is 0.343 e. The fraction of sp³-hybridized carbons (Fsp3) is 0.833. The Morgan fingerprint density at radius 1 is 1.14 bits per heavy atom. The van der Waals surface area contributed by atoms with Crippen molar-refractivity contribution in [1.82, 2.24) is 0 Å². The van der Waals surface area contributed by atoms with E-state index < -0.39 is 95.1 Å². The van der Waals surface area contributed by atoms with Crippen molar-refractivity contribution in [2.75, 3.05) is 13.2 Å². The van der Waals surface area contributed by atoms with Gasteiger partial charge < -0.3 is 38.6 Å². The van der Waals surface area contributed by atoms with Crippen molar-refractivity contribution in [3.8, 4) is 0 Å². The molecule has 4 heterocycles. The highest BCUT2D eigenvalue weighted by atomic mass is 16.8. The van der Waals surface area contributed by atoms with E-state index in [2.05, 4.69) is 0 Å². The van der Waals surface area contributed by atoms with E-state index in [1.165, 1.54) is 6.92 Å². The second-order valence-corrected chi connectivity index (χ2v) is 10.7. The lowest BCUT2D eigenvalue weighted by Gasteiger charge is -2.45. The second-order valence-electron chi connectivity index (χ2n) is 10.7. The van der Waals surface area contributed by atoms with Crippen LogP contribution in [0.2, 0.25) is 0 Å². The molecule has 0 bridgehead atoms. The third-order valence-corrected chi connectivity index (χ3v) is 9.65. The summed E-state index contributed by atoms with van der Waals surface area (Å²) in [5, 5.41) is 24.0.